The van der Waals surface area contributed by atoms with Crippen LogP contribution in [0.2, 0.25) is 0 Å². The van der Waals surface area contributed by atoms with Gasteiger partial charge in [0.25, 0.3) is 0 Å². The van der Waals surface area contributed by atoms with Crippen molar-refractivity contribution in [1.82, 2.24) is 0 Å². The predicted molar refractivity (Wildman–Crippen MR) is 46.0 cm³/mol. The first-order valence-electron chi connectivity index (χ1n) is 4.51. The fraction of sp³-hybridized carbons (Fsp3) is 0.800. The van der Waals surface area contributed by atoms with E-state index in [9.17, 15) is 0 Å². The molecule has 0 heterocycles. The van der Waals surface area contributed by atoms with Gasteiger partial charge in [-0.1, -0.05) is 32.4 Å². The van der Waals surface area contributed by atoms with E-state index in [1.165, 1.54) is 32.1 Å². The van der Waals surface area contributed by atoms with Gasteiger partial charge in [-0.15, -0.1) is 0 Å². The van der Waals surface area contributed by atoms with Gasteiger partial charge in [-0.25, -0.2) is 0 Å². The maximum atomic E-state index is 2.44. The predicted octanol–water partition coefficient (Wildman–Crippen LogP) is 3.53. The molecule has 0 heteroatoms. The minimum absolute atomic E-state index is 0.606. The Morgan fingerprint density at radius 3 is 2.60 bits per heavy atom. The summed E-state index contributed by atoms with van der Waals surface area (Å²) < 4.78 is 0. The van der Waals surface area contributed by atoms with E-state index < -0.39 is 0 Å². The van der Waals surface area contributed by atoms with Crippen molar-refractivity contribution in [3.63, 3.8) is 0 Å². The molecular formula is C10H18. The van der Waals surface area contributed by atoms with Crippen LogP contribution in [0.25, 0.3) is 0 Å². The van der Waals surface area contributed by atoms with E-state index >= 15 is 0 Å². The fourth-order valence-corrected chi connectivity index (χ4v) is 1.97. The lowest BCUT2D eigenvalue weighted by Gasteiger charge is -2.24. The summed E-state index contributed by atoms with van der Waals surface area (Å²) >= 11 is 0. The molecule has 0 aromatic heterocycles. The van der Waals surface area contributed by atoms with Crippen LogP contribution in [0.4, 0.5) is 0 Å². The molecule has 0 aromatic rings. The van der Waals surface area contributed by atoms with Crippen LogP contribution >= 0.6 is 0 Å². The molecule has 0 amide bonds. The van der Waals surface area contributed by atoms with Gasteiger partial charge in [0.05, 0.1) is 0 Å². The molecule has 1 rings (SSSR count). The summed E-state index contributed by atoms with van der Waals surface area (Å²) in [7, 11) is 0. The fourth-order valence-electron chi connectivity index (χ4n) is 1.97. The standard InChI is InChI=1S/C10H18/c1-3-7-10(4-2)8-5-6-9-10/h5,8H,3-4,6-7,9H2,1-2H3. The number of hydrogen-bond donors (Lipinski definition) is 0. The second kappa shape index (κ2) is 3.23. The van der Waals surface area contributed by atoms with E-state index in [0.717, 1.165) is 0 Å². The Morgan fingerprint density at radius 1 is 1.40 bits per heavy atom. The highest BCUT2D eigenvalue weighted by molar-refractivity contribution is 5.05. The maximum absolute atomic E-state index is 2.44. The minimum Gasteiger partial charge on any atom is -0.0879 e. The van der Waals surface area contributed by atoms with Gasteiger partial charge in [0.2, 0.25) is 0 Å². The monoisotopic (exact) mass is 138 g/mol. The molecule has 0 aromatic carbocycles. The highest BCUT2D eigenvalue weighted by Gasteiger charge is 2.25. The third-order valence-corrected chi connectivity index (χ3v) is 2.73. The number of rotatable bonds is 3. The third-order valence-electron chi connectivity index (χ3n) is 2.73. The minimum atomic E-state index is 0.606. The van der Waals surface area contributed by atoms with Crippen LogP contribution in [0.1, 0.15) is 46.0 Å². The van der Waals surface area contributed by atoms with Gasteiger partial charge in [0, 0.05) is 0 Å². The zero-order valence-corrected chi connectivity index (χ0v) is 7.19. The van der Waals surface area contributed by atoms with Gasteiger partial charge in [0.15, 0.2) is 0 Å². The van der Waals surface area contributed by atoms with Gasteiger partial charge in [-0.05, 0) is 31.1 Å². The Labute approximate surface area is 64.3 Å². The molecule has 0 nitrogen and oxygen atoms in total. The normalized spacial score (nSPS) is 31.4. The molecule has 0 N–H and O–H groups in total. The van der Waals surface area contributed by atoms with E-state index in [2.05, 4.69) is 26.0 Å². The molecule has 1 unspecified atom stereocenters. The van der Waals surface area contributed by atoms with E-state index in [1.54, 1.807) is 0 Å². The van der Waals surface area contributed by atoms with Gasteiger partial charge in [-0.2, -0.15) is 0 Å². The molecule has 1 aliphatic rings. The summed E-state index contributed by atoms with van der Waals surface area (Å²) in [4.78, 5) is 0. The van der Waals surface area contributed by atoms with Crippen molar-refractivity contribution in [2.75, 3.05) is 0 Å². The second-order valence-corrected chi connectivity index (χ2v) is 3.41. The third kappa shape index (κ3) is 1.42. The molecule has 58 valence electrons. The van der Waals surface area contributed by atoms with Crippen molar-refractivity contribution in [3.05, 3.63) is 12.2 Å². The zero-order valence-electron chi connectivity index (χ0n) is 7.19. The summed E-state index contributed by atoms with van der Waals surface area (Å²) in [6.45, 7) is 4.59. The average molecular weight is 138 g/mol. The zero-order chi connectivity index (χ0) is 7.45. The van der Waals surface area contributed by atoms with Gasteiger partial charge in [0.1, 0.15) is 0 Å². The van der Waals surface area contributed by atoms with Crippen molar-refractivity contribution in [1.29, 1.82) is 0 Å². The molecule has 0 fully saturated rings. The Kier molecular flexibility index (Phi) is 2.53. The molecule has 0 radical (unpaired) electrons. The number of allylic oxidation sites excluding steroid dienone is 2. The quantitative estimate of drug-likeness (QED) is 0.523. The Hall–Kier alpha value is -0.260. The summed E-state index contributed by atoms with van der Waals surface area (Å²) in [5, 5.41) is 0. The van der Waals surface area contributed by atoms with E-state index in [4.69, 9.17) is 0 Å². The molecular weight excluding hydrogens is 120 g/mol. The lowest BCUT2D eigenvalue weighted by molar-refractivity contribution is 0.328. The van der Waals surface area contributed by atoms with Crippen molar-refractivity contribution in [2.24, 2.45) is 5.41 Å². The van der Waals surface area contributed by atoms with Crippen LogP contribution < -0.4 is 0 Å². The molecule has 1 aliphatic carbocycles. The Balaban J connectivity index is 2.50. The summed E-state index contributed by atoms with van der Waals surface area (Å²) in [5.41, 5.74) is 0.606. The van der Waals surface area contributed by atoms with Crippen LogP contribution in [0, 0.1) is 5.41 Å². The Bertz CT molecular complexity index is 124. The SMILES string of the molecule is CCCC1(CC)C=CCC1. The molecule has 10 heavy (non-hydrogen) atoms. The first-order valence-corrected chi connectivity index (χ1v) is 4.51. The van der Waals surface area contributed by atoms with Gasteiger partial charge < -0.3 is 0 Å². The molecule has 1 atom stereocenters. The highest BCUT2D eigenvalue weighted by Crippen LogP contribution is 2.39. The second-order valence-electron chi connectivity index (χ2n) is 3.41. The highest BCUT2D eigenvalue weighted by atomic mass is 14.3. The summed E-state index contributed by atoms with van der Waals surface area (Å²) in [5.74, 6) is 0. The van der Waals surface area contributed by atoms with Crippen LogP contribution in [0.3, 0.4) is 0 Å². The van der Waals surface area contributed by atoms with E-state index in [-0.39, 0.29) is 0 Å². The molecule has 0 saturated heterocycles. The van der Waals surface area contributed by atoms with Crippen molar-refractivity contribution in [2.45, 2.75) is 46.0 Å². The summed E-state index contributed by atoms with van der Waals surface area (Å²) in [6.07, 6.45) is 11.6. The van der Waals surface area contributed by atoms with E-state index in [0.29, 0.717) is 5.41 Å². The van der Waals surface area contributed by atoms with E-state index in [1.807, 2.05) is 0 Å². The molecule has 0 aliphatic heterocycles. The molecule has 0 spiro atoms. The molecule has 0 bridgehead atoms. The maximum Gasteiger partial charge on any atom is -0.0118 e. The molecule has 0 saturated carbocycles. The largest absolute Gasteiger partial charge is 0.0879 e. The van der Waals surface area contributed by atoms with Gasteiger partial charge in [-0.3, -0.25) is 0 Å². The smallest absolute Gasteiger partial charge is 0.0118 e. The van der Waals surface area contributed by atoms with Crippen LogP contribution in [-0.4, -0.2) is 0 Å². The lowest BCUT2D eigenvalue weighted by Crippen LogP contribution is -2.12. The first kappa shape index (κ1) is 7.84. The number of hydrogen-bond acceptors (Lipinski definition) is 0. The van der Waals surface area contributed by atoms with Crippen molar-refractivity contribution < 1.29 is 0 Å². The van der Waals surface area contributed by atoms with Gasteiger partial charge >= 0.3 is 0 Å². The Morgan fingerprint density at radius 2 is 2.20 bits per heavy atom. The van der Waals surface area contributed by atoms with Crippen LogP contribution in [-0.2, 0) is 0 Å². The van der Waals surface area contributed by atoms with Crippen molar-refractivity contribution in [3.8, 4) is 0 Å². The van der Waals surface area contributed by atoms with Crippen LogP contribution in [0.5, 0.6) is 0 Å². The topological polar surface area (TPSA) is 0 Å². The summed E-state index contributed by atoms with van der Waals surface area (Å²) in [6, 6.07) is 0. The first-order chi connectivity index (χ1) is 4.83. The average Bonchev–Trinajstić information content (AvgIpc) is 2.39. The van der Waals surface area contributed by atoms with Crippen LogP contribution in [0.15, 0.2) is 12.2 Å². The lowest BCUT2D eigenvalue weighted by atomic mass is 9.81. The van der Waals surface area contributed by atoms with Crippen molar-refractivity contribution >= 4 is 0 Å².